The number of hydrogen-bond acceptors (Lipinski definition) is 8. The molecule has 1 saturated heterocycles. The van der Waals surface area contributed by atoms with Crippen molar-refractivity contribution in [2.45, 2.75) is 0 Å². The van der Waals surface area contributed by atoms with E-state index in [1.54, 1.807) is 6.07 Å². The Bertz CT molecular complexity index is 990. The largest absolute Gasteiger partial charge is 0.378 e. The molecular weight excluding hydrogens is 326 g/mol. The lowest BCUT2D eigenvalue weighted by Crippen LogP contribution is -2.37. The van der Waals surface area contributed by atoms with Gasteiger partial charge in [-0.3, -0.25) is 9.89 Å². The molecule has 4 rings (SSSR count). The first-order valence-corrected chi connectivity index (χ1v) is 7.54. The zero-order chi connectivity index (χ0) is 17.2. The van der Waals surface area contributed by atoms with Crippen LogP contribution in [0.3, 0.4) is 0 Å². The Balaban J connectivity index is 1.69. The Labute approximate surface area is 141 Å². The summed E-state index contributed by atoms with van der Waals surface area (Å²) in [4.78, 5) is 23.1. The van der Waals surface area contributed by atoms with Gasteiger partial charge in [-0.05, 0) is 0 Å². The molecule has 4 heterocycles. The molecule has 0 unspecified atom stereocenters. The SMILES string of the molecule is N#Cc1cn(-c2c[nH]n(-c3cc(N4CCOCC4)ncn3)c2=O)nn1. The summed E-state index contributed by atoms with van der Waals surface area (Å²) in [5, 5.41) is 19.1. The zero-order valence-electron chi connectivity index (χ0n) is 13.0. The van der Waals surface area contributed by atoms with Crippen LogP contribution in [0.4, 0.5) is 5.82 Å². The van der Waals surface area contributed by atoms with E-state index < -0.39 is 0 Å². The Morgan fingerprint density at radius 2 is 2.04 bits per heavy atom. The van der Waals surface area contributed by atoms with Crippen LogP contribution in [-0.4, -0.2) is 61.0 Å². The molecule has 11 nitrogen and oxygen atoms in total. The number of ether oxygens (including phenoxy) is 1. The summed E-state index contributed by atoms with van der Waals surface area (Å²) in [5.74, 6) is 1.14. The summed E-state index contributed by atoms with van der Waals surface area (Å²) in [6, 6.07) is 3.60. The molecule has 11 heteroatoms. The maximum atomic E-state index is 12.6. The van der Waals surface area contributed by atoms with E-state index in [-0.39, 0.29) is 16.9 Å². The highest BCUT2D eigenvalue weighted by molar-refractivity contribution is 5.44. The Morgan fingerprint density at radius 1 is 1.24 bits per heavy atom. The van der Waals surface area contributed by atoms with E-state index in [2.05, 4.69) is 30.3 Å². The van der Waals surface area contributed by atoms with Crippen molar-refractivity contribution in [3.05, 3.63) is 40.8 Å². The molecule has 0 saturated carbocycles. The molecule has 0 atom stereocenters. The van der Waals surface area contributed by atoms with Gasteiger partial charge in [-0.1, -0.05) is 5.21 Å². The van der Waals surface area contributed by atoms with Crippen molar-refractivity contribution in [3.63, 3.8) is 0 Å². The van der Waals surface area contributed by atoms with Gasteiger partial charge in [0, 0.05) is 19.2 Å². The van der Waals surface area contributed by atoms with Crippen LogP contribution in [0.25, 0.3) is 11.5 Å². The van der Waals surface area contributed by atoms with Crippen LogP contribution in [0.1, 0.15) is 5.69 Å². The Morgan fingerprint density at radius 3 is 2.80 bits per heavy atom. The number of aromatic nitrogens is 7. The lowest BCUT2D eigenvalue weighted by Gasteiger charge is -2.27. The van der Waals surface area contributed by atoms with E-state index in [0.29, 0.717) is 19.0 Å². The number of anilines is 1. The number of morpholine rings is 1. The highest BCUT2D eigenvalue weighted by atomic mass is 16.5. The van der Waals surface area contributed by atoms with E-state index in [0.717, 1.165) is 18.9 Å². The fraction of sp³-hybridized carbons (Fsp3) is 0.286. The first kappa shape index (κ1) is 15.0. The third-order valence-electron chi connectivity index (χ3n) is 3.81. The second-order valence-electron chi connectivity index (χ2n) is 5.29. The normalized spacial score (nSPS) is 14.4. The number of nitriles is 1. The Hall–Kier alpha value is -3.52. The molecule has 1 aliphatic rings. The van der Waals surface area contributed by atoms with Crippen LogP contribution in [-0.2, 0) is 4.74 Å². The van der Waals surface area contributed by atoms with Gasteiger partial charge in [0.05, 0.1) is 25.6 Å². The van der Waals surface area contributed by atoms with Gasteiger partial charge in [0.2, 0.25) is 0 Å². The molecule has 3 aromatic rings. The summed E-state index contributed by atoms with van der Waals surface area (Å²) in [5.41, 5.74) is 0.00495. The average molecular weight is 339 g/mol. The summed E-state index contributed by atoms with van der Waals surface area (Å²) in [6.07, 6.45) is 4.28. The van der Waals surface area contributed by atoms with E-state index in [1.165, 1.54) is 28.1 Å². The molecule has 0 spiro atoms. The minimum Gasteiger partial charge on any atom is -0.378 e. The van der Waals surface area contributed by atoms with Crippen molar-refractivity contribution in [2.24, 2.45) is 0 Å². The predicted molar refractivity (Wildman–Crippen MR) is 84.6 cm³/mol. The van der Waals surface area contributed by atoms with Crippen LogP contribution >= 0.6 is 0 Å². The van der Waals surface area contributed by atoms with Crippen molar-refractivity contribution >= 4 is 5.82 Å². The fourth-order valence-electron chi connectivity index (χ4n) is 2.55. The number of nitrogens with one attached hydrogen (secondary N) is 1. The van der Waals surface area contributed by atoms with Crippen LogP contribution < -0.4 is 10.5 Å². The third kappa shape index (κ3) is 2.74. The van der Waals surface area contributed by atoms with E-state index in [1.807, 2.05) is 6.07 Å². The molecule has 1 N–H and O–H groups in total. The van der Waals surface area contributed by atoms with Crippen LogP contribution in [0.2, 0.25) is 0 Å². The van der Waals surface area contributed by atoms with Crippen LogP contribution in [0, 0.1) is 11.3 Å². The van der Waals surface area contributed by atoms with E-state index >= 15 is 0 Å². The van der Waals surface area contributed by atoms with Crippen molar-refractivity contribution in [1.82, 2.24) is 34.7 Å². The van der Waals surface area contributed by atoms with Gasteiger partial charge in [-0.15, -0.1) is 5.10 Å². The van der Waals surface area contributed by atoms with Gasteiger partial charge >= 0.3 is 0 Å². The zero-order valence-corrected chi connectivity index (χ0v) is 13.0. The molecule has 0 amide bonds. The van der Waals surface area contributed by atoms with Crippen molar-refractivity contribution in [3.8, 4) is 17.6 Å². The minimum atomic E-state index is -0.360. The van der Waals surface area contributed by atoms with Gasteiger partial charge in [-0.2, -0.15) is 9.94 Å². The molecule has 126 valence electrons. The lowest BCUT2D eigenvalue weighted by atomic mass is 10.4. The first-order valence-electron chi connectivity index (χ1n) is 7.54. The molecule has 25 heavy (non-hydrogen) atoms. The maximum absolute atomic E-state index is 12.6. The van der Waals surface area contributed by atoms with Crippen LogP contribution in [0.5, 0.6) is 0 Å². The van der Waals surface area contributed by atoms with Crippen molar-refractivity contribution in [2.75, 3.05) is 31.2 Å². The third-order valence-corrected chi connectivity index (χ3v) is 3.81. The van der Waals surface area contributed by atoms with Gasteiger partial charge in [0.25, 0.3) is 5.56 Å². The average Bonchev–Trinajstić information content (AvgIpc) is 3.29. The molecule has 0 radical (unpaired) electrons. The topological polar surface area (TPSA) is 131 Å². The first-order chi connectivity index (χ1) is 12.3. The molecule has 0 aromatic carbocycles. The number of hydrogen-bond donors (Lipinski definition) is 1. The second-order valence-corrected chi connectivity index (χ2v) is 5.29. The van der Waals surface area contributed by atoms with Gasteiger partial charge in [0.15, 0.2) is 17.2 Å². The van der Waals surface area contributed by atoms with Gasteiger partial charge < -0.3 is 9.64 Å². The summed E-state index contributed by atoms with van der Waals surface area (Å²) in [7, 11) is 0. The van der Waals surface area contributed by atoms with Gasteiger partial charge in [-0.25, -0.2) is 14.6 Å². The van der Waals surface area contributed by atoms with Gasteiger partial charge in [0.1, 0.15) is 18.2 Å². The molecule has 3 aromatic heterocycles. The highest BCUT2D eigenvalue weighted by Crippen LogP contribution is 2.14. The molecule has 1 fully saturated rings. The number of aromatic amines is 1. The summed E-state index contributed by atoms with van der Waals surface area (Å²) < 4.78 is 7.87. The summed E-state index contributed by atoms with van der Waals surface area (Å²) in [6.45, 7) is 2.74. The van der Waals surface area contributed by atoms with E-state index in [4.69, 9.17) is 10.00 Å². The van der Waals surface area contributed by atoms with Crippen molar-refractivity contribution in [1.29, 1.82) is 5.26 Å². The predicted octanol–water partition coefficient (Wildman–Crippen LogP) is -0.755. The molecular formula is C14H13N9O2. The van der Waals surface area contributed by atoms with Crippen LogP contribution in [0.15, 0.2) is 29.6 Å². The fourth-order valence-corrected chi connectivity index (χ4v) is 2.55. The number of rotatable bonds is 3. The summed E-state index contributed by atoms with van der Waals surface area (Å²) >= 11 is 0. The standard InChI is InChI=1S/C14H13N9O2/c15-6-10-8-22(20-19-10)11-7-18-23(14(11)24)13-5-12(16-9-17-13)21-1-3-25-4-2-21/h5,7-9,18H,1-4H2. The minimum absolute atomic E-state index is 0.129. The monoisotopic (exact) mass is 339 g/mol. The van der Waals surface area contributed by atoms with Crippen molar-refractivity contribution < 1.29 is 4.74 Å². The highest BCUT2D eigenvalue weighted by Gasteiger charge is 2.16. The molecule has 0 bridgehead atoms. The smallest absolute Gasteiger partial charge is 0.298 e. The molecule has 1 aliphatic heterocycles. The lowest BCUT2D eigenvalue weighted by molar-refractivity contribution is 0.122. The number of nitrogens with zero attached hydrogens (tertiary/aromatic N) is 8. The number of H-pyrrole nitrogens is 1. The Kier molecular flexibility index (Phi) is 3.71. The quantitative estimate of drug-likeness (QED) is 0.659. The maximum Gasteiger partial charge on any atom is 0.298 e. The molecule has 0 aliphatic carbocycles. The van der Waals surface area contributed by atoms with E-state index in [9.17, 15) is 4.79 Å². The second kappa shape index (κ2) is 6.17.